The van der Waals surface area contributed by atoms with Gasteiger partial charge in [0.1, 0.15) is 0 Å². The molecule has 1 aromatic carbocycles. The summed E-state index contributed by atoms with van der Waals surface area (Å²) in [5.41, 5.74) is 6.43. The number of halogens is 3. The number of alkyl halides is 3. The first-order valence-corrected chi connectivity index (χ1v) is 6.51. The average molecular weight is 271 g/mol. The molecule has 2 rings (SSSR count). The number of nitrogens with two attached hydrogens (primary N) is 1. The minimum Gasteiger partial charge on any atom is -0.330 e. The lowest BCUT2D eigenvalue weighted by atomic mass is 9.79. The zero-order valence-corrected chi connectivity index (χ0v) is 11.5. The summed E-state index contributed by atoms with van der Waals surface area (Å²) < 4.78 is 37.6. The van der Waals surface area contributed by atoms with E-state index in [1.165, 1.54) is 0 Å². The van der Waals surface area contributed by atoms with Crippen LogP contribution >= 0.6 is 0 Å². The predicted molar refractivity (Wildman–Crippen MR) is 69.7 cm³/mol. The Morgan fingerprint density at radius 1 is 1.21 bits per heavy atom. The zero-order chi connectivity index (χ0) is 14.5. The van der Waals surface area contributed by atoms with Crippen LogP contribution in [0.4, 0.5) is 13.2 Å². The van der Waals surface area contributed by atoms with Crippen molar-refractivity contribution in [1.82, 2.24) is 0 Å². The summed E-state index contributed by atoms with van der Waals surface area (Å²) in [6, 6.07) is 5.48. The van der Waals surface area contributed by atoms with Crippen LogP contribution in [0.2, 0.25) is 0 Å². The summed E-state index contributed by atoms with van der Waals surface area (Å²) in [7, 11) is 0. The third kappa shape index (κ3) is 2.27. The van der Waals surface area contributed by atoms with Crippen LogP contribution in [0.5, 0.6) is 0 Å². The van der Waals surface area contributed by atoms with Crippen LogP contribution in [0.3, 0.4) is 0 Å². The van der Waals surface area contributed by atoms with Crippen LogP contribution in [0.1, 0.15) is 44.2 Å². The maximum Gasteiger partial charge on any atom is 0.416 e. The topological polar surface area (TPSA) is 26.0 Å². The molecule has 0 heterocycles. The number of hydrogen-bond acceptors (Lipinski definition) is 1. The molecule has 1 aliphatic rings. The van der Waals surface area contributed by atoms with Crippen LogP contribution in [0, 0.1) is 10.8 Å². The molecular formula is C15H20F3N. The number of hydrogen-bond donors (Lipinski definition) is 1. The number of rotatable bonds is 3. The van der Waals surface area contributed by atoms with Crippen molar-refractivity contribution < 1.29 is 13.2 Å². The summed E-state index contributed by atoms with van der Waals surface area (Å²) in [6.07, 6.45) is -3.25. The smallest absolute Gasteiger partial charge is 0.330 e. The maximum atomic E-state index is 12.5. The van der Waals surface area contributed by atoms with Gasteiger partial charge in [0.05, 0.1) is 5.56 Å². The molecule has 2 unspecified atom stereocenters. The largest absolute Gasteiger partial charge is 0.416 e. The van der Waals surface area contributed by atoms with Gasteiger partial charge in [0.25, 0.3) is 0 Å². The van der Waals surface area contributed by atoms with Crippen molar-refractivity contribution in [2.45, 2.75) is 39.3 Å². The fraction of sp³-hybridized carbons (Fsp3) is 0.600. The van der Waals surface area contributed by atoms with E-state index in [2.05, 4.69) is 20.8 Å². The van der Waals surface area contributed by atoms with E-state index in [-0.39, 0.29) is 16.7 Å². The zero-order valence-electron chi connectivity index (χ0n) is 11.5. The van der Waals surface area contributed by atoms with E-state index in [1.54, 1.807) is 12.1 Å². The molecule has 2 atom stereocenters. The lowest BCUT2D eigenvalue weighted by Crippen LogP contribution is -2.26. The van der Waals surface area contributed by atoms with Gasteiger partial charge in [0, 0.05) is 0 Å². The Kier molecular flexibility index (Phi) is 3.21. The summed E-state index contributed by atoms with van der Waals surface area (Å²) in [6.45, 7) is 6.97. The van der Waals surface area contributed by atoms with Crippen molar-refractivity contribution in [3.63, 3.8) is 0 Å². The fourth-order valence-corrected chi connectivity index (χ4v) is 3.29. The summed E-state index contributed by atoms with van der Waals surface area (Å²) in [4.78, 5) is 0. The molecular weight excluding hydrogens is 251 g/mol. The predicted octanol–water partition coefficient (Wildman–Crippen LogP) is 4.18. The molecule has 0 saturated heterocycles. The van der Waals surface area contributed by atoms with Crippen molar-refractivity contribution in [3.8, 4) is 0 Å². The normalized spacial score (nSPS) is 27.1. The van der Waals surface area contributed by atoms with Crippen molar-refractivity contribution >= 4 is 0 Å². The molecule has 1 aromatic rings. The quantitative estimate of drug-likeness (QED) is 0.876. The molecule has 0 amide bonds. The highest BCUT2D eigenvalue weighted by Gasteiger charge is 2.62. The van der Waals surface area contributed by atoms with Crippen molar-refractivity contribution in [2.24, 2.45) is 16.6 Å². The third-order valence-electron chi connectivity index (χ3n) is 4.91. The lowest BCUT2D eigenvalue weighted by Gasteiger charge is -2.27. The van der Waals surface area contributed by atoms with Crippen LogP contribution in [-0.2, 0) is 6.18 Å². The molecule has 106 valence electrons. The second-order valence-electron chi connectivity index (χ2n) is 6.26. The first-order valence-electron chi connectivity index (χ1n) is 6.51. The Hall–Kier alpha value is -1.03. The first-order chi connectivity index (χ1) is 8.64. The number of benzene rings is 1. The van der Waals surface area contributed by atoms with Gasteiger partial charge in [-0.2, -0.15) is 13.2 Å². The van der Waals surface area contributed by atoms with Gasteiger partial charge in [-0.05, 0) is 47.4 Å². The molecule has 0 aromatic heterocycles. The highest BCUT2D eigenvalue weighted by atomic mass is 19.4. The van der Waals surface area contributed by atoms with Gasteiger partial charge in [-0.1, -0.05) is 32.9 Å². The van der Waals surface area contributed by atoms with Crippen molar-refractivity contribution in [2.75, 3.05) is 6.54 Å². The highest BCUT2D eigenvalue weighted by molar-refractivity contribution is 5.31. The SMILES string of the molecule is CC(c1ccc(C(F)(F)F)cc1)C1(CN)CC1(C)C. The maximum absolute atomic E-state index is 12.5. The van der Waals surface area contributed by atoms with Gasteiger partial charge >= 0.3 is 6.18 Å². The van der Waals surface area contributed by atoms with Crippen LogP contribution in [-0.4, -0.2) is 6.54 Å². The van der Waals surface area contributed by atoms with Crippen LogP contribution in [0.15, 0.2) is 24.3 Å². The Balaban J connectivity index is 2.24. The van der Waals surface area contributed by atoms with Crippen LogP contribution < -0.4 is 5.73 Å². The summed E-state index contributed by atoms with van der Waals surface area (Å²) in [5, 5.41) is 0. The molecule has 1 nitrogen and oxygen atoms in total. The molecule has 0 aliphatic heterocycles. The van der Waals surface area contributed by atoms with E-state index < -0.39 is 11.7 Å². The van der Waals surface area contributed by atoms with E-state index in [4.69, 9.17) is 5.73 Å². The van der Waals surface area contributed by atoms with Gasteiger partial charge < -0.3 is 5.73 Å². The van der Waals surface area contributed by atoms with E-state index in [9.17, 15) is 13.2 Å². The van der Waals surface area contributed by atoms with Crippen molar-refractivity contribution in [1.29, 1.82) is 0 Å². The minimum atomic E-state index is -4.27. The third-order valence-corrected chi connectivity index (χ3v) is 4.91. The van der Waals surface area contributed by atoms with Crippen LogP contribution in [0.25, 0.3) is 0 Å². The first kappa shape index (κ1) is 14.4. The Labute approximate surface area is 112 Å². The second kappa shape index (κ2) is 4.23. The molecule has 1 fully saturated rings. The molecule has 19 heavy (non-hydrogen) atoms. The highest BCUT2D eigenvalue weighted by Crippen LogP contribution is 2.69. The molecule has 1 saturated carbocycles. The Morgan fingerprint density at radius 3 is 2.00 bits per heavy atom. The van der Waals surface area contributed by atoms with E-state index >= 15 is 0 Å². The second-order valence-corrected chi connectivity index (χ2v) is 6.26. The van der Waals surface area contributed by atoms with Gasteiger partial charge in [-0.25, -0.2) is 0 Å². The summed E-state index contributed by atoms with van der Waals surface area (Å²) in [5.74, 6) is 0.176. The average Bonchev–Trinajstić information content (AvgIpc) is 2.91. The Bertz CT molecular complexity index is 461. The lowest BCUT2D eigenvalue weighted by molar-refractivity contribution is -0.137. The molecule has 0 radical (unpaired) electrons. The van der Waals surface area contributed by atoms with E-state index in [0.29, 0.717) is 6.54 Å². The molecule has 1 aliphatic carbocycles. The Morgan fingerprint density at radius 2 is 1.68 bits per heavy atom. The van der Waals surface area contributed by atoms with Gasteiger partial charge in [-0.3, -0.25) is 0 Å². The fourth-order valence-electron chi connectivity index (χ4n) is 3.29. The van der Waals surface area contributed by atoms with Crippen molar-refractivity contribution in [3.05, 3.63) is 35.4 Å². The monoisotopic (exact) mass is 271 g/mol. The summed E-state index contributed by atoms with van der Waals surface area (Å²) >= 11 is 0. The molecule has 4 heteroatoms. The van der Waals surface area contributed by atoms with E-state index in [0.717, 1.165) is 24.1 Å². The standard InChI is InChI=1S/C15H20F3N/c1-10(14(9-19)8-13(14,2)3)11-4-6-12(7-5-11)15(16,17)18/h4-7,10H,8-9,19H2,1-3H3. The molecule has 0 bridgehead atoms. The molecule has 2 N–H and O–H groups in total. The van der Waals surface area contributed by atoms with Gasteiger partial charge in [0.2, 0.25) is 0 Å². The van der Waals surface area contributed by atoms with Gasteiger partial charge in [0.15, 0.2) is 0 Å². The van der Waals surface area contributed by atoms with Gasteiger partial charge in [-0.15, -0.1) is 0 Å². The molecule has 0 spiro atoms. The minimum absolute atomic E-state index is 0.0206. The van der Waals surface area contributed by atoms with E-state index in [1.807, 2.05) is 0 Å².